The molecule has 32 heavy (non-hydrogen) atoms. The van der Waals surface area contributed by atoms with Gasteiger partial charge in [-0.3, -0.25) is 9.78 Å². The largest absolute Gasteiger partial charge is 0.416 e. The van der Waals surface area contributed by atoms with Crippen LogP contribution in [0.2, 0.25) is 0 Å². The van der Waals surface area contributed by atoms with Crippen molar-refractivity contribution in [2.75, 3.05) is 19.7 Å². The maximum Gasteiger partial charge on any atom is 0.416 e. The summed E-state index contributed by atoms with van der Waals surface area (Å²) in [6, 6.07) is 9.00. The summed E-state index contributed by atoms with van der Waals surface area (Å²) in [5, 5.41) is 6.52. The Balaban J connectivity index is 1.49. The van der Waals surface area contributed by atoms with Gasteiger partial charge < -0.3 is 10.2 Å². The number of carbonyl (C=O) groups is 1. The van der Waals surface area contributed by atoms with Crippen molar-refractivity contribution in [3.05, 3.63) is 59.9 Å². The molecule has 0 atom stereocenters. The van der Waals surface area contributed by atoms with E-state index in [-0.39, 0.29) is 45.0 Å². The molecule has 1 aliphatic rings. The maximum absolute atomic E-state index is 12.9. The fourth-order valence-electron chi connectivity index (χ4n) is 2.98. The van der Waals surface area contributed by atoms with E-state index in [1.165, 1.54) is 0 Å². The molecule has 2 heterocycles. The minimum atomic E-state index is -4.63. The number of pyridine rings is 1. The molecule has 0 saturated carbocycles. The second-order valence-corrected chi connectivity index (χ2v) is 8.90. The van der Waals surface area contributed by atoms with Crippen molar-refractivity contribution >= 4 is 21.6 Å². The summed E-state index contributed by atoms with van der Waals surface area (Å²) in [6.45, 7) is 0.0455. The van der Waals surface area contributed by atoms with Gasteiger partial charge in [0, 0.05) is 32.1 Å². The molecule has 0 bridgehead atoms. The first-order valence-corrected chi connectivity index (χ1v) is 11.1. The number of alkyl halides is 3. The summed E-state index contributed by atoms with van der Waals surface area (Å²) in [7, 11) is -4.07. The van der Waals surface area contributed by atoms with Gasteiger partial charge in [-0.2, -0.15) is 17.5 Å². The van der Waals surface area contributed by atoms with E-state index in [1.54, 1.807) is 24.4 Å². The molecule has 0 spiro atoms. The number of hydrogen-bond acceptors (Lipinski definition) is 6. The van der Waals surface area contributed by atoms with E-state index in [0.29, 0.717) is 17.5 Å². The Hall–Kier alpha value is -2.99. The summed E-state index contributed by atoms with van der Waals surface area (Å²) in [4.78, 5) is 20.5. The lowest BCUT2D eigenvalue weighted by molar-refractivity contribution is -0.137. The van der Waals surface area contributed by atoms with E-state index in [9.17, 15) is 26.4 Å². The first-order valence-electron chi connectivity index (χ1n) is 9.68. The predicted octanol–water partition coefficient (Wildman–Crippen LogP) is 2.57. The standard InChI is InChI=1S/C20H21F3N4O4S/c21-20(22,23)15-4-3-6-18(12-15)32(29,30)27-10-7-16(8-11-27)26-31-14-19(28)25-13-17-5-1-2-9-24-17/h1-6,9,12H,7-8,10-11,13-14H2,(H,25,28). The zero-order chi connectivity index (χ0) is 23.2. The normalized spacial score (nSPS) is 15.3. The molecule has 8 nitrogen and oxygen atoms in total. The molecular formula is C20H21F3N4O4S. The second kappa shape index (κ2) is 10.1. The van der Waals surface area contributed by atoms with Gasteiger partial charge in [-0.25, -0.2) is 8.42 Å². The molecule has 1 aromatic carbocycles. The van der Waals surface area contributed by atoms with Crippen LogP contribution in [0.25, 0.3) is 0 Å². The van der Waals surface area contributed by atoms with E-state index in [4.69, 9.17) is 4.84 Å². The molecule has 1 aliphatic heterocycles. The van der Waals surface area contributed by atoms with Crippen molar-refractivity contribution in [1.82, 2.24) is 14.6 Å². The highest BCUT2D eigenvalue weighted by atomic mass is 32.2. The number of piperidine rings is 1. The van der Waals surface area contributed by atoms with E-state index in [1.807, 2.05) is 0 Å². The van der Waals surface area contributed by atoms with Gasteiger partial charge in [0.25, 0.3) is 5.91 Å². The summed E-state index contributed by atoms with van der Waals surface area (Å²) in [6.07, 6.45) is -2.53. The number of aromatic nitrogens is 1. The van der Waals surface area contributed by atoms with Crippen LogP contribution >= 0.6 is 0 Å². The highest BCUT2D eigenvalue weighted by Gasteiger charge is 2.33. The molecule has 0 radical (unpaired) electrons. The molecule has 1 N–H and O–H groups in total. The molecule has 3 rings (SSSR count). The van der Waals surface area contributed by atoms with Crippen LogP contribution in [0.1, 0.15) is 24.1 Å². The molecule has 0 aliphatic carbocycles. The number of carbonyl (C=O) groups excluding carboxylic acids is 1. The number of amides is 1. The Morgan fingerprint density at radius 1 is 1.16 bits per heavy atom. The van der Waals surface area contributed by atoms with Gasteiger partial charge >= 0.3 is 6.18 Å². The fraction of sp³-hybridized carbons (Fsp3) is 0.350. The molecule has 1 aromatic heterocycles. The van der Waals surface area contributed by atoms with Crippen molar-refractivity contribution in [3.63, 3.8) is 0 Å². The molecule has 2 aromatic rings. The lowest BCUT2D eigenvalue weighted by atomic mass is 10.1. The SMILES string of the molecule is O=C(CON=C1CCN(S(=O)(=O)c2cccc(C(F)(F)F)c2)CC1)NCc1ccccn1. The smallest absolute Gasteiger partial charge is 0.386 e. The van der Waals surface area contributed by atoms with Crippen molar-refractivity contribution in [1.29, 1.82) is 0 Å². The molecule has 1 saturated heterocycles. The minimum Gasteiger partial charge on any atom is -0.386 e. The Kier molecular flexibility index (Phi) is 7.46. The average molecular weight is 470 g/mol. The predicted molar refractivity (Wildman–Crippen MR) is 109 cm³/mol. The van der Waals surface area contributed by atoms with Gasteiger partial charge in [0.15, 0.2) is 6.61 Å². The minimum absolute atomic E-state index is 0.0483. The lowest BCUT2D eigenvalue weighted by Gasteiger charge is -2.26. The van der Waals surface area contributed by atoms with Gasteiger partial charge in [0.1, 0.15) is 0 Å². The quantitative estimate of drug-likeness (QED) is 0.627. The van der Waals surface area contributed by atoms with Crippen LogP contribution in [-0.2, 0) is 32.4 Å². The van der Waals surface area contributed by atoms with E-state index in [2.05, 4.69) is 15.5 Å². The summed E-state index contributed by atoms with van der Waals surface area (Å²) < 4.78 is 65.2. The van der Waals surface area contributed by atoms with Crippen LogP contribution in [0.3, 0.4) is 0 Å². The Morgan fingerprint density at radius 3 is 2.56 bits per heavy atom. The van der Waals surface area contributed by atoms with Gasteiger partial charge in [0.2, 0.25) is 10.0 Å². The average Bonchev–Trinajstić information content (AvgIpc) is 2.78. The third-order valence-corrected chi connectivity index (χ3v) is 6.58. The number of sulfonamides is 1. The van der Waals surface area contributed by atoms with Crippen molar-refractivity contribution in [3.8, 4) is 0 Å². The van der Waals surface area contributed by atoms with E-state index >= 15 is 0 Å². The van der Waals surface area contributed by atoms with Crippen molar-refractivity contribution < 1.29 is 31.2 Å². The van der Waals surface area contributed by atoms with Crippen LogP contribution in [0.4, 0.5) is 13.2 Å². The summed E-state index contributed by atoms with van der Waals surface area (Å²) in [5.41, 5.74) is 0.243. The highest BCUT2D eigenvalue weighted by Crippen LogP contribution is 2.31. The zero-order valence-corrected chi connectivity index (χ0v) is 17.7. The van der Waals surface area contributed by atoms with Crippen LogP contribution in [0, 0.1) is 0 Å². The van der Waals surface area contributed by atoms with E-state index < -0.39 is 26.7 Å². The molecule has 1 amide bonds. The Labute approximate surface area is 183 Å². The van der Waals surface area contributed by atoms with Gasteiger partial charge in [-0.15, -0.1) is 0 Å². The number of nitrogens with zero attached hydrogens (tertiary/aromatic N) is 3. The van der Waals surface area contributed by atoms with Crippen LogP contribution in [-0.4, -0.2) is 49.0 Å². The van der Waals surface area contributed by atoms with Crippen LogP contribution in [0.15, 0.2) is 58.7 Å². The molecule has 0 unspecified atom stereocenters. The fourth-order valence-corrected chi connectivity index (χ4v) is 4.47. The third kappa shape index (κ3) is 6.26. The third-order valence-electron chi connectivity index (χ3n) is 4.68. The molecular weight excluding hydrogens is 449 g/mol. The number of oxime groups is 1. The van der Waals surface area contributed by atoms with Gasteiger partial charge in [0.05, 0.1) is 28.4 Å². The molecule has 1 fully saturated rings. The molecule has 12 heteroatoms. The number of nitrogens with one attached hydrogen (secondary N) is 1. The Morgan fingerprint density at radius 2 is 1.91 bits per heavy atom. The number of halogens is 3. The van der Waals surface area contributed by atoms with Crippen molar-refractivity contribution in [2.24, 2.45) is 5.16 Å². The van der Waals surface area contributed by atoms with Crippen molar-refractivity contribution in [2.45, 2.75) is 30.5 Å². The van der Waals surface area contributed by atoms with Crippen LogP contribution < -0.4 is 5.32 Å². The number of benzene rings is 1. The number of hydrogen-bond donors (Lipinski definition) is 1. The second-order valence-electron chi connectivity index (χ2n) is 6.96. The van der Waals surface area contributed by atoms with Gasteiger partial charge in [-0.05, 0) is 30.3 Å². The highest BCUT2D eigenvalue weighted by molar-refractivity contribution is 7.89. The molecule has 172 valence electrons. The monoisotopic (exact) mass is 470 g/mol. The first kappa shape index (κ1) is 23.7. The van der Waals surface area contributed by atoms with Gasteiger partial charge in [-0.1, -0.05) is 17.3 Å². The first-order chi connectivity index (χ1) is 15.2. The summed E-state index contributed by atoms with van der Waals surface area (Å²) >= 11 is 0. The summed E-state index contributed by atoms with van der Waals surface area (Å²) in [5.74, 6) is -0.385. The lowest BCUT2D eigenvalue weighted by Crippen LogP contribution is -2.38. The number of rotatable bonds is 7. The Bertz CT molecular complexity index is 1070. The van der Waals surface area contributed by atoms with Crippen LogP contribution in [0.5, 0.6) is 0 Å². The van der Waals surface area contributed by atoms with E-state index in [0.717, 1.165) is 22.5 Å². The maximum atomic E-state index is 12.9. The topological polar surface area (TPSA) is 101 Å². The zero-order valence-electron chi connectivity index (χ0n) is 16.9.